The molecular formula is C16H16ClNO. The van der Waals surface area contributed by atoms with E-state index in [4.69, 9.17) is 16.3 Å². The molecule has 0 amide bonds. The Morgan fingerprint density at radius 2 is 1.79 bits per heavy atom. The van der Waals surface area contributed by atoms with Crippen molar-refractivity contribution >= 4 is 11.6 Å². The highest BCUT2D eigenvalue weighted by Gasteiger charge is 2.24. The largest absolute Gasteiger partial charge is 0.351 e. The summed E-state index contributed by atoms with van der Waals surface area (Å²) in [6.45, 7) is 0.941. The first kappa shape index (κ1) is 12.7. The molecule has 1 N–H and O–H groups in total. The third kappa shape index (κ3) is 2.98. The molecule has 0 bridgehead atoms. The summed E-state index contributed by atoms with van der Waals surface area (Å²) in [4.78, 5) is 0. The number of benzene rings is 2. The lowest BCUT2D eigenvalue weighted by Gasteiger charge is -2.31. The highest BCUT2D eigenvalue weighted by atomic mass is 35.5. The lowest BCUT2D eigenvalue weighted by atomic mass is 10.0. The lowest BCUT2D eigenvalue weighted by Crippen LogP contribution is -2.33. The Bertz CT molecular complexity index is 543. The predicted octanol–water partition coefficient (Wildman–Crippen LogP) is 4.09. The molecule has 98 valence electrons. The van der Waals surface area contributed by atoms with Gasteiger partial charge in [0.25, 0.3) is 0 Å². The average Bonchev–Trinajstić information content (AvgIpc) is 2.48. The molecule has 2 aromatic carbocycles. The zero-order valence-electron chi connectivity index (χ0n) is 10.6. The van der Waals surface area contributed by atoms with Crippen LogP contribution in [-0.2, 0) is 4.74 Å². The molecule has 0 radical (unpaired) electrons. The number of hydrogen-bond donors (Lipinski definition) is 1. The minimum atomic E-state index is -0.0855. The smallest absolute Gasteiger partial charge is 0.135 e. The Hall–Kier alpha value is -1.35. The van der Waals surface area contributed by atoms with Crippen molar-refractivity contribution in [1.82, 2.24) is 5.32 Å². The molecule has 1 aliphatic rings. The first-order chi connectivity index (χ1) is 9.33. The van der Waals surface area contributed by atoms with Gasteiger partial charge >= 0.3 is 0 Å². The van der Waals surface area contributed by atoms with Crippen LogP contribution in [0.3, 0.4) is 0 Å². The van der Waals surface area contributed by atoms with E-state index in [1.807, 2.05) is 30.3 Å². The van der Waals surface area contributed by atoms with E-state index in [0.29, 0.717) is 0 Å². The highest BCUT2D eigenvalue weighted by Crippen LogP contribution is 2.31. The lowest BCUT2D eigenvalue weighted by molar-refractivity contribution is -0.0654. The topological polar surface area (TPSA) is 21.3 Å². The van der Waals surface area contributed by atoms with E-state index in [2.05, 4.69) is 29.6 Å². The number of ether oxygens (including phenoxy) is 1. The van der Waals surface area contributed by atoms with Crippen LogP contribution in [0.25, 0.3) is 0 Å². The zero-order valence-corrected chi connectivity index (χ0v) is 11.3. The first-order valence-corrected chi connectivity index (χ1v) is 6.90. The quantitative estimate of drug-likeness (QED) is 0.890. The van der Waals surface area contributed by atoms with Gasteiger partial charge in [-0.05, 0) is 29.7 Å². The number of halogens is 1. The summed E-state index contributed by atoms with van der Waals surface area (Å²) in [6, 6.07) is 18.2. The molecule has 2 nitrogen and oxygen atoms in total. The number of nitrogens with one attached hydrogen (secondary N) is 1. The molecule has 1 aliphatic heterocycles. The summed E-state index contributed by atoms with van der Waals surface area (Å²) >= 11 is 6.03. The maximum absolute atomic E-state index is 6.14. The summed E-state index contributed by atoms with van der Waals surface area (Å²) in [5.41, 5.74) is 2.31. The zero-order chi connectivity index (χ0) is 13.1. The van der Waals surface area contributed by atoms with Gasteiger partial charge in [-0.25, -0.2) is 0 Å². The van der Waals surface area contributed by atoms with Gasteiger partial charge in [-0.3, -0.25) is 5.32 Å². The molecule has 0 unspecified atom stereocenters. The third-order valence-corrected chi connectivity index (χ3v) is 3.59. The van der Waals surface area contributed by atoms with Crippen molar-refractivity contribution in [2.75, 3.05) is 6.54 Å². The van der Waals surface area contributed by atoms with Crippen molar-refractivity contribution in [2.24, 2.45) is 0 Å². The van der Waals surface area contributed by atoms with Crippen LogP contribution in [0.1, 0.15) is 29.9 Å². The minimum absolute atomic E-state index is 0.0855. The van der Waals surface area contributed by atoms with Crippen LogP contribution >= 0.6 is 11.6 Å². The Morgan fingerprint density at radius 3 is 2.58 bits per heavy atom. The minimum Gasteiger partial charge on any atom is -0.351 e. The van der Waals surface area contributed by atoms with E-state index < -0.39 is 0 Å². The summed E-state index contributed by atoms with van der Waals surface area (Å²) in [5, 5.41) is 4.12. The van der Waals surface area contributed by atoms with Crippen molar-refractivity contribution in [3.8, 4) is 0 Å². The van der Waals surface area contributed by atoms with Crippen LogP contribution in [0.2, 0.25) is 5.02 Å². The predicted molar refractivity (Wildman–Crippen MR) is 77.1 cm³/mol. The van der Waals surface area contributed by atoms with Crippen LogP contribution in [0, 0.1) is 0 Å². The van der Waals surface area contributed by atoms with Gasteiger partial charge < -0.3 is 4.74 Å². The van der Waals surface area contributed by atoms with Gasteiger partial charge in [0.1, 0.15) is 6.23 Å². The molecule has 19 heavy (non-hydrogen) atoms. The highest BCUT2D eigenvalue weighted by molar-refractivity contribution is 6.30. The van der Waals surface area contributed by atoms with Crippen LogP contribution in [0.5, 0.6) is 0 Å². The van der Waals surface area contributed by atoms with Crippen molar-refractivity contribution in [1.29, 1.82) is 0 Å². The van der Waals surface area contributed by atoms with Gasteiger partial charge in [-0.2, -0.15) is 0 Å². The van der Waals surface area contributed by atoms with Gasteiger partial charge in [0.15, 0.2) is 0 Å². The van der Waals surface area contributed by atoms with E-state index in [1.54, 1.807) is 0 Å². The van der Waals surface area contributed by atoms with Gasteiger partial charge in [0.2, 0.25) is 0 Å². The summed E-state index contributed by atoms with van der Waals surface area (Å²) < 4.78 is 6.14. The molecule has 1 saturated heterocycles. The molecule has 2 aromatic rings. The molecule has 0 saturated carbocycles. The van der Waals surface area contributed by atoms with E-state index in [-0.39, 0.29) is 12.3 Å². The second kappa shape index (κ2) is 5.74. The second-order valence-electron chi connectivity index (χ2n) is 4.71. The average molecular weight is 274 g/mol. The number of rotatable bonds is 2. The molecule has 3 rings (SSSR count). The fourth-order valence-electron chi connectivity index (χ4n) is 2.40. The SMILES string of the molecule is Clc1cccc([C@@H]2NCC[C@H](c3ccccc3)O2)c1. The molecule has 2 atom stereocenters. The Labute approximate surface area is 118 Å². The summed E-state index contributed by atoms with van der Waals surface area (Å²) in [5.74, 6) is 0. The maximum Gasteiger partial charge on any atom is 0.135 e. The molecule has 1 fully saturated rings. The summed E-state index contributed by atoms with van der Waals surface area (Å²) in [7, 11) is 0. The van der Waals surface area contributed by atoms with Crippen LogP contribution < -0.4 is 5.32 Å². The Kier molecular flexibility index (Phi) is 3.83. The maximum atomic E-state index is 6.14. The van der Waals surface area contributed by atoms with E-state index in [9.17, 15) is 0 Å². The van der Waals surface area contributed by atoms with E-state index in [0.717, 1.165) is 23.6 Å². The van der Waals surface area contributed by atoms with Crippen molar-refractivity contribution in [3.63, 3.8) is 0 Å². The molecule has 0 aromatic heterocycles. The van der Waals surface area contributed by atoms with Crippen LogP contribution in [0.15, 0.2) is 54.6 Å². The fraction of sp³-hybridized carbons (Fsp3) is 0.250. The normalized spacial score (nSPS) is 23.2. The third-order valence-electron chi connectivity index (χ3n) is 3.36. The molecule has 0 spiro atoms. The molecule has 0 aliphatic carbocycles. The monoisotopic (exact) mass is 273 g/mol. The van der Waals surface area contributed by atoms with Crippen LogP contribution in [-0.4, -0.2) is 6.54 Å². The van der Waals surface area contributed by atoms with E-state index >= 15 is 0 Å². The van der Waals surface area contributed by atoms with Crippen molar-refractivity contribution in [2.45, 2.75) is 18.8 Å². The van der Waals surface area contributed by atoms with Crippen molar-refractivity contribution in [3.05, 3.63) is 70.7 Å². The fourth-order valence-corrected chi connectivity index (χ4v) is 2.60. The van der Waals surface area contributed by atoms with Crippen molar-refractivity contribution < 1.29 is 4.74 Å². The molecule has 3 heteroatoms. The van der Waals surface area contributed by atoms with Gasteiger partial charge in [0, 0.05) is 11.6 Å². The second-order valence-corrected chi connectivity index (χ2v) is 5.15. The van der Waals surface area contributed by atoms with Crippen LogP contribution in [0.4, 0.5) is 0 Å². The first-order valence-electron chi connectivity index (χ1n) is 6.52. The van der Waals surface area contributed by atoms with E-state index in [1.165, 1.54) is 5.56 Å². The summed E-state index contributed by atoms with van der Waals surface area (Å²) in [6.07, 6.45) is 1.05. The van der Waals surface area contributed by atoms with Gasteiger partial charge in [-0.15, -0.1) is 0 Å². The number of hydrogen-bond acceptors (Lipinski definition) is 2. The van der Waals surface area contributed by atoms with Gasteiger partial charge in [0.05, 0.1) is 6.10 Å². The Morgan fingerprint density at radius 1 is 1.00 bits per heavy atom. The van der Waals surface area contributed by atoms with Gasteiger partial charge in [-0.1, -0.05) is 54.1 Å². The molecular weight excluding hydrogens is 258 g/mol. The standard InChI is InChI=1S/C16H16ClNO/c17-14-8-4-7-13(11-14)16-18-10-9-15(19-16)12-5-2-1-3-6-12/h1-8,11,15-16,18H,9-10H2/t15-,16-/m1/s1. The Balaban J connectivity index is 1.78. The molecule has 1 heterocycles.